The van der Waals surface area contributed by atoms with Gasteiger partial charge in [-0.2, -0.15) is 26.3 Å². The van der Waals surface area contributed by atoms with E-state index in [0.717, 1.165) is 0 Å². The van der Waals surface area contributed by atoms with Gasteiger partial charge in [-0.15, -0.1) is 0 Å². The van der Waals surface area contributed by atoms with Crippen molar-refractivity contribution in [3.63, 3.8) is 0 Å². The highest BCUT2D eigenvalue weighted by Gasteiger charge is 2.79. The number of carbonyl (C=O) groups excluding carboxylic acids is 1. The molecule has 0 fully saturated rings. The summed E-state index contributed by atoms with van der Waals surface area (Å²) in [5.41, 5.74) is -7.26. The highest BCUT2D eigenvalue weighted by atomic mass is 19.4. The summed E-state index contributed by atoms with van der Waals surface area (Å²) in [5, 5.41) is 0. The molecule has 0 aromatic carbocycles. The second kappa shape index (κ2) is 6.96. The maximum Gasteiger partial charge on any atom is 0.406 e. The minimum atomic E-state index is -5.67. The zero-order valence-electron chi connectivity index (χ0n) is 14.7. The van der Waals surface area contributed by atoms with Gasteiger partial charge in [-0.1, -0.05) is 41.2 Å². The molecule has 0 aliphatic heterocycles. The van der Waals surface area contributed by atoms with Gasteiger partial charge in [0.1, 0.15) is 5.60 Å². The summed E-state index contributed by atoms with van der Waals surface area (Å²) in [6.45, 7) is 9.61. The van der Waals surface area contributed by atoms with Crippen LogP contribution in [0.1, 0.15) is 48.0 Å². The average Bonchev–Trinajstić information content (AvgIpc) is 2.39. The maximum atomic E-state index is 13.6. The third-order valence-corrected chi connectivity index (χ3v) is 4.61. The largest absolute Gasteiger partial charge is 0.454 e. The van der Waals surface area contributed by atoms with Crippen LogP contribution in [0.3, 0.4) is 0 Å². The van der Waals surface area contributed by atoms with Gasteiger partial charge >= 0.3 is 18.3 Å². The number of alkyl halides is 6. The normalized spacial score (nSPS) is 14.2. The number of ether oxygens (including phenoxy) is 1. The first-order valence-electron chi connectivity index (χ1n) is 7.55. The van der Waals surface area contributed by atoms with Crippen LogP contribution in [-0.4, -0.2) is 23.9 Å². The highest BCUT2D eigenvalue weighted by molar-refractivity contribution is 5.88. The van der Waals surface area contributed by atoms with E-state index in [0.29, 0.717) is 0 Å². The first-order valence-corrected chi connectivity index (χ1v) is 7.55. The van der Waals surface area contributed by atoms with E-state index in [-0.39, 0.29) is 18.9 Å². The summed E-state index contributed by atoms with van der Waals surface area (Å²) in [5.74, 6) is -3.75. The molecule has 0 aliphatic rings. The van der Waals surface area contributed by atoms with Gasteiger partial charge in [0.15, 0.2) is 5.41 Å². The van der Waals surface area contributed by atoms with Crippen molar-refractivity contribution in [3.05, 3.63) is 12.2 Å². The zero-order valence-corrected chi connectivity index (χ0v) is 14.7. The van der Waals surface area contributed by atoms with Crippen LogP contribution < -0.4 is 0 Å². The molecule has 0 radical (unpaired) electrons. The van der Waals surface area contributed by atoms with Gasteiger partial charge in [-0.05, 0) is 25.2 Å². The van der Waals surface area contributed by atoms with Crippen molar-refractivity contribution in [3.8, 4) is 0 Å². The third kappa shape index (κ3) is 3.42. The molecule has 24 heavy (non-hydrogen) atoms. The van der Waals surface area contributed by atoms with Crippen LogP contribution >= 0.6 is 0 Å². The Bertz CT molecular complexity index is 452. The molecule has 0 atom stereocenters. The molecular formula is C16H24F6O2. The van der Waals surface area contributed by atoms with Gasteiger partial charge in [-0.3, -0.25) is 0 Å². The van der Waals surface area contributed by atoms with Gasteiger partial charge < -0.3 is 4.74 Å². The molecule has 0 N–H and O–H groups in total. The lowest BCUT2D eigenvalue weighted by Gasteiger charge is -2.53. The second-order valence-corrected chi connectivity index (χ2v) is 6.57. The van der Waals surface area contributed by atoms with E-state index < -0.39 is 41.2 Å². The molecule has 2 nitrogen and oxygen atoms in total. The Morgan fingerprint density at radius 1 is 0.958 bits per heavy atom. The van der Waals surface area contributed by atoms with Crippen LogP contribution in [-0.2, 0) is 9.53 Å². The first-order chi connectivity index (χ1) is 10.5. The molecule has 0 aromatic rings. The summed E-state index contributed by atoms with van der Waals surface area (Å²) in [4.78, 5) is 12.0. The number of carbonyl (C=O) groups is 1. The number of rotatable bonds is 6. The fraction of sp³-hybridized carbons (Fsp3) is 0.812. The first kappa shape index (κ1) is 22.8. The number of esters is 1. The van der Waals surface area contributed by atoms with E-state index in [9.17, 15) is 31.1 Å². The molecule has 0 heterocycles. The Kier molecular flexibility index (Phi) is 6.61. The van der Waals surface area contributed by atoms with E-state index in [2.05, 4.69) is 6.58 Å². The van der Waals surface area contributed by atoms with Gasteiger partial charge in [0.05, 0.1) is 0 Å². The lowest BCUT2D eigenvalue weighted by Crippen LogP contribution is -2.69. The van der Waals surface area contributed by atoms with Crippen LogP contribution in [0.4, 0.5) is 26.3 Å². The van der Waals surface area contributed by atoms with Crippen molar-refractivity contribution in [1.29, 1.82) is 0 Å². The molecule has 0 spiro atoms. The summed E-state index contributed by atoms with van der Waals surface area (Å²) in [6, 6.07) is 0. The van der Waals surface area contributed by atoms with Gasteiger partial charge in [0, 0.05) is 5.57 Å². The monoisotopic (exact) mass is 362 g/mol. The summed E-state index contributed by atoms with van der Waals surface area (Å²) in [7, 11) is 0. The van der Waals surface area contributed by atoms with Crippen molar-refractivity contribution in [1.82, 2.24) is 0 Å². The fourth-order valence-electron chi connectivity index (χ4n) is 3.13. The molecule has 8 heteroatoms. The molecule has 142 valence electrons. The fourth-order valence-corrected chi connectivity index (χ4v) is 3.13. The Morgan fingerprint density at radius 3 is 1.50 bits per heavy atom. The average molecular weight is 362 g/mol. The molecule has 0 saturated heterocycles. The van der Waals surface area contributed by atoms with E-state index >= 15 is 0 Å². The van der Waals surface area contributed by atoms with Crippen molar-refractivity contribution in [2.24, 2.45) is 17.3 Å². The van der Waals surface area contributed by atoms with Crippen molar-refractivity contribution in [2.45, 2.75) is 65.9 Å². The molecule has 0 amide bonds. The molecular weight excluding hydrogens is 338 g/mol. The van der Waals surface area contributed by atoms with Crippen LogP contribution in [0.5, 0.6) is 0 Å². The van der Waals surface area contributed by atoms with Crippen LogP contribution in [0.15, 0.2) is 12.2 Å². The Morgan fingerprint density at radius 2 is 1.29 bits per heavy atom. The van der Waals surface area contributed by atoms with Gasteiger partial charge in [0.25, 0.3) is 0 Å². The predicted molar refractivity (Wildman–Crippen MR) is 78.1 cm³/mol. The molecule has 0 bridgehead atoms. The second-order valence-electron chi connectivity index (χ2n) is 6.57. The number of halogens is 6. The lowest BCUT2D eigenvalue weighted by atomic mass is 9.61. The number of hydrogen-bond donors (Lipinski definition) is 0. The molecule has 0 rings (SSSR count). The Balaban J connectivity index is 6.69. The topological polar surface area (TPSA) is 26.3 Å². The summed E-state index contributed by atoms with van der Waals surface area (Å²) >= 11 is 0. The maximum absolute atomic E-state index is 13.6. The summed E-state index contributed by atoms with van der Waals surface area (Å²) in [6.07, 6.45) is -11.3. The van der Waals surface area contributed by atoms with Crippen molar-refractivity contribution in [2.75, 3.05) is 0 Å². The highest BCUT2D eigenvalue weighted by Crippen LogP contribution is 2.62. The standard InChI is InChI=1S/C16H24F6O2/c1-8-11(6)12(23)24-14(9(2)3,10(4)5)13(7,15(17,18)19)16(20,21)22/h9-10H,6,8H2,1-5,7H3. The minimum absolute atomic E-state index is 0.0506. The van der Waals surface area contributed by atoms with Gasteiger partial charge in [-0.25, -0.2) is 4.79 Å². The zero-order chi connectivity index (χ0) is 19.7. The molecule has 0 unspecified atom stereocenters. The quantitative estimate of drug-likeness (QED) is 0.345. The molecule has 0 aromatic heterocycles. The Labute approximate surface area is 138 Å². The predicted octanol–water partition coefficient (Wildman–Crippen LogP) is 5.68. The van der Waals surface area contributed by atoms with E-state index in [1.165, 1.54) is 34.6 Å². The Hall–Kier alpha value is -1.21. The van der Waals surface area contributed by atoms with Gasteiger partial charge in [0.2, 0.25) is 0 Å². The minimum Gasteiger partial charge on any atom is -0.454 e. The third-order valence-electron chi connectivity index (χ3n) is 4.61. The summed E-state index contributed by atoms with van der Waals surface area (Å²) < 4.78 is 86.6. The number of hydrogen-bond acceptors (Lipinski definition) is 2. The van der Waals surface area contributed by atoms with E-state index in [1.54, 1.807) is 0 Å². The van der Waals surface area contributed by atoms with Crippen LogP contribution in [0, 0.1) is 17.3 Å². The lowest BCUT2D eigenvalue weighted by molar-refractivity contribution is -0.395. The SMILES string of the molecule is C=C(CC)C(=O)OC(C(C)C)(C(C)C)C(C)(C(F)(F)F)C(F)(F)F. The van der Waals surface area contributed by atoms with E-state index in [4.69, 9.17) is 4.74 Å². The van der Waals surface area contributed by atoms with Crippen LogP contribution in [0.25, 0.3) is 0 Å². The van der Waals surface area contributed by atoms with Crippen molar-refractivity contribution >= 4 is 5.97 Å². The van der Waals surface area contributed by atoms with E-state index in [1.807, 2.05) is 0 Å². The smallest absolute Gasteiger partial charge is 0.406 e. The molecule has 0 aliphatic carbocycles. The molecule has 0 saturated carbocycles. The van der Waals surface area contributed by atoms with Crippen LogP contribution in [0.2, 0.25) is 0 Å². The van der Waals surface area contributed by atoms with Crippen molar-refractivity contribution < 1.29 is 35.9 Å².